The molecule has 0 spiro atoms. The van der Waals surface area contributed by atoms with E-state index in [0.29, 0.717) is 31.2 Å². The summed E-state index contributed by atoms with van der Waals surface area (Å²) in [6, 6.07) is 21.2. The summed E-state index contributed by atoms with van der Waals surface area (Å²) in [7, 11) is 0. The van der Waals surface area contributed by atoms with Gasteiger partial charge in [0.25, 0.3) is 5.91 Å². The normalized spacial score (nSPS) is 11.9. The number of aryl methyl sites for hydroxylation is 1. The number of fused-ring (bicyclic) bond motifs is 1. The van der Waals surface area contributed by atoms with Gasteiger partial charge in [-0.05, 0) is 36.3 Å². The number of hydrogen-bond acceptors (Lipinski definition) is 3. The van der Waals surface area contributed by atoms with E-state index in [1.807, 2.05) is 80.6 Å². The zero-order valence-electron chi connectivity index (χ0n) is 20.0. The number of carbonyl (C=O) groups is 2. The van der Waals surface area contributed by atoms with E-state index in [-0.39, 0.29) is 18.4 Å². The van der Waals surface area contributed by atoms with Gasteiger partial charge in [0.05, 0.1) is 0 Å². The summed E-state index contributed by atoms with van der Waals surface area (Å²) in [5.74, 6) is 0.657. The van der Waals surface area contributed by atoms with Crippen LogP contribution in [-0.2, 0) is 16.1 Å². The topological polar surface area (TPSA) is 58.6 Å². The number of carbonyl (C=O) groups excluding carboxylic acids is 2. The van der Waals surface area contributed by atoms with Crippen molar-refractivity contribution in [2.75, 3.05) is 13.2 Å². The first-order valence-electron chi connectivity index (χ1n) is 11.6. The molecule has 0 aliphatic rings. The molecule has 0 saturated carbocycles. The van der Waals surface area contributed by atoms with E-state index in [2.05, 4.69) is 19.2 Å². The summed E-state index contributed by atoms with van der Waals surface area (Å²) in [6.45, 7) is 8.85. The molecule has 1 N–H and O–H groups in total. The molecule has 0 fully saturated rings. The van der Waals surface area contributed by atoms with Gasteiger partial charge in [-0.15, -0.1) is 0 Å². The van der Waals surface area contributed by atoms with Crippen LogP contribution in [0, 0.1) is 12.8 Å². The monoisotopic (exact) mass is 446 g/mol. The molecule has 5 heteroatoms. The Bertz CT molecular complexity index is 1090. The second-order valence-electron chi connectivity index (χ2n) is 8.84. The summed E-state index contributed by atoms with van der Waals surface area (Å²) in [5, 5.41) is 5.00. The molecule has 2 amide bonds. The van der Waals surface area contributed by atoms with E-state index in [1.165, 1.54) is 0 Å². The predicted octanol–water partition coefficient (Wildman–Crippen LogP) is 5.11. The highest BCUT2D eigenvalue weighted by Gasteiger charge is 2.29. The second kappa shape index (κ2) is 11.5. The Hall–Kier alpha value is -3.34. The van der Waals surface area contributed by atoms with Crippen molar-refractivity contribution < 1.29 is 14.3 Å². The standard InChI is InChI=1S/C28H34N2O3/c1-5-25(28(32)29-17-20(2)3)30(18-22-11-8-10-21(4)16-22)27(31)19-33-26-15-9-13-23-12-6-7-14-24(23)26/h6-16,20,25H,5,17-19H2,1-4H3,(H,29,32). The molecule has 3 aromatic carbocycles. The summed E-state index contributed by atoms with van der Waals surface area (Å²) in [6.07, 6.45) is 0.524. The van der Waals surface area contributed by atoms with E-state index in [9.17, 15) is 9.59 Å². The van der Waals surface area contributed by atoms with E-state index in [0.717, 1.165) is 21.9 Å². The summed E-state index contributed by atoms with van der Waals surface area (Å²) < 4.78 is 5.97. The fourth-order valence-electron chi connectivity index (χ4n) is 3.89. The Balaban J connectivity index is 1.82. The molecular weight excluding hydrogens is 412 g/mol. The lowest BCUT2D eigenvalue weighted by molar-refractivity contribution is -0.143. The van der Waals surface area contributed by atoms with Crippen LogP contribution in [0.25, 0.3) is 10.8 Å². The Kier molecular flexibility index (Phi) is 8.47. The van der Waals surface area contributed by atoms with Gasteiger partial charge in [0.2, 0.25) is 5.91 Å². The van der Waals surface area contributed by atoms with E-state index >= 15 is 0 Å². The van der Waals surface area contributed by atoms with Crippen LogP contribution < -0.4 is 10.1 Å². The zero-order valence-corrected chi connectivity index (χ0v) is 20.0. The predicted molar refractivity (Wildman–Crippen MR) is 133 cm³/mol. The van der Waals surface area contributed by atoms with Crippen molar-refractivity contribution >= 4 is 22.6 Å². The average Bonchev–Trinajstić information content (AvgIpc) is 2.81. The van der Waals surface area contributed by atoms with Crippen LogP contribution in [0.5, 0.6) is 5.75 Å². The van der Waals surface area contributed by atoms with Crippen LogP contribution >= 0.6 is 0 Å². The van der Waals surface area contributed by atoms with Crippen LogP contribution in [-0.4, -0.2) is 35.9 Å². The van der Waals surface area contributed by atoms with Crippen molar-refractivity contribution in [1.29, 1.82) is 0 Å². The molecular formula is C28H34N2O3. The van der Waals surface area contributed by atoms with Gasteiger partial charge in [-0.1, -0.05) is 87.0 Å². The molecule has 3 rings (SSSR count). The smallest absolute Gasteiger partial charge is 0.261 e. The van der Waals surface area contributed by atoms with E-state index in [4.69, 9.17) is 4.74 Å². The maximum atomic E-state index is 13.4. The lowest BCUT2D eigenvalue weighted by Gasteiger charge is -2.31. The quantitative estimate of drug-likeness (QED) is 0.471. The maximum Gasteiger partial charge on any atom is 0.261 e. The minimum Gasteiger partial charge on any atom is -0.483 e. The van der Waals surface area contributed by atoms with Crippen LogP contribution in [0.1, 0.15) is 38.3 Å². The van der Waals surface area contributed by atoms with Crippen molar-refractivity contribution in [1.82, 2.24) is 10.2 Å². The Labute approximate surface area is 196 Å². The average molecular weight is 447 g/mol. The van der Waals surface area contributed by atoms with Crippen molar-refractivity contribution in [3.05, 3.63) is 77.9 Å². The number of hydrogen-bond donors (Lipinski definition) is 1. The number of amides is 2. The third-order valence-electron chi connectivity index (χ3n) is 5.61. The molecule has 33 heavy (non-hydrogen) atoms. The number of benzene rings is 3. The molecule has 174 valence electrons. The maximum absolute atomic E-state index is 13.4. The molecule has 0 aromatic heterocycles. The first kappa shape index (κ1) is 24.3. The molecule has 3 aromatic rings. The summed E-state index contributed by atoms with van der Waals surface area (Å²) in [5.41, 5.74) is 2.10. The van der Waals surface area contributed by atoms with Crippen molar-refractivity contribution in [2.45, 2.75) is 46.7 Å². The third-order valence-corrected chi connectivity index (χ3v) is 5.61. The zero-order chi connectivity index (χ0) is 23.8. The second-order valence-corrected chi connectivity index (χ2v) is 8.84. The van der Waals surface area contributed by atoms with Crippen molar-refractivity contribution in [3.8, 4) is 5.75 Å². The minimum absolute atomic E-state index is 0.127. The molecule has 0 aliphatic heterocycles. The largest absolute Gasteiger partial charge is 0.483 e. The number of rotatable bonds is 10. The molecule has 0 saturated heterocycles. The van der Waals surface area contributed by atoms with Gasteiger partial charge in [-0.3, -0.25) is 9.59 Å². The van der Waals surface area contributed by atoms with Crippen molar-refractivity contribution in [3.63, 3.8) is 0 Å². The fourth-order valence-corrected chi connectivity index (χ4v) is 3.89. The van der Waals surface area contributed by atoms with Gasteiger partial charge in [0, 0.05) is 18.5 Å². The highest BCUT2D eigenvalue weighted by atomic mass is 16.5. The van der Waals surface area contributed by atoms with E-state index < -0.39 is 6.04 Å². The first-order chi connectivity index (χ1) is 15.9. The molecule has 0 aliphatic carbocycles. The number of ether oxygens (including phenoxy) is 1. The highest BCUT2D eigenvalue weighted by Crippen LogP contribution is 2.25. The first-order valence-corrected chi connectivity index (χ1v) is 11.6. The Morgan fingerprint density at radius 3 is 2.45 bits per heavy atom. The van der Waals surface area contributed by atoms with Gasteiger partial charge in [0.15, 0.2) is 6.61 Å². The van der Waals surface area contributed by atoms with Gasteiger partial charge >= 0.3 is 0 Å². The highest BCUT2D eigenvalue weighted by molar-refractivity contribution is 5.90. The molecule has 0 bridgehead atoms. The molecule has 1 atom stereocenters. The molecule has 5 nitrogen and oxygen atoms in total. The van der Waals surface area contributed by atoms with Gasteiger partial charge in [-0.2, -0.15) is 0 Å². The molecule has 0 radical (unpaired) electrons. The van der Waals surface area contributed by atoms with Crippen LogP contribution in [0.3, 0.4) is 0 Å². The minimum atomic E-state index is -0.562. The number of nitrogens with one attached hydrogen (secondary N) is 1. The fraction of sp³-hybridized carbons (Fsp3) is 0.357. The molecule has 0 heterocycles. The molecule has 1 unspecified atom stereocenters. The van der Waals surface area contributed by atoms with Gasteiger partial charge in [0.1, 0.15) is 11.8 Å². The number of nitrogens with zero attached hydrogens (tertiary/aromatic N) is 1. The SMILES string of the molecule is CCC(C(=O)NCC(C)C)N(Cc1cccc(C)c1)C(=O)COc1cccc2ccccc12. The lowest BCUT2D eigenvalue weighted by Crippen LogP contribution is -2.50. The third kappa shape index (κ3) is 6.58. The van der Waals surface area contributed by atoms with E-state index in [1.54, 1.807) is 4.90 Å². The summed E-state index contributed by atoms with van der Waals surface area (Å²) >= 11 is 0. The summed E-state index contributed by atoms with van der Waals surface area (Å²) in [4.78, 5) is 28.0. The van der Waals surface area contributed by atoms with Crippen molar-refractivity contribution in [2.24, 2.45) is 5.92 Å². The Morgan fingerprint density at radius 1 is 1.00 bits per heavy atom. The lowest BCUT2D eigenvalue weighted by atomic mass is 10.1. The Morgan fingerprint density at radius 2 is 1.73 bits per heavy atom. The van der Waals surface area contributed by atoms with Gasteiger partial charge < -0.3 is 15.0 Å². The van der Waals surface area contributed by atoms with Crippen LogP contribution in [0.2, 0.25) is 0 Å². The van der Waals surface area contributed by atoms with Crippen LogP contribution in [0.4, 0.5) is 0 Å². The van der Waals surface area contributed by atoms with Crippen LogP contribution in [0.15, 0.2) is 66.7 Å². The van der Waals surface area contributed by atoms with Gasteiger partial charge in [-0.25, -0.2) is 0 Å².